The Morgan fingerprint density at radius 3 is 2.45 bits per heavy atom. The third kappa shape index (κ3) is 1.41. The Balaban J connectivity index is 2.15. The molecule has 98 valence electrons. The second-order valence-electron chi connectivity index (χ2n) is 5.77. The third-order valence-corrected chi connectivity index (χ3v) is 4.66. The number of hydrogen-bond donors (Lipinski definition) is 0. The number of pyridine rings is 1. The number of fused-ring (bicyclic) bond motifs is 5. The van der Waals surface area contributed by atoms with Crippen LogP contribution in [0.15, 0.2) is 36.4 Å². The Morgan fingerprint density at radius 2 is 1.65 bits per heavy atom. The molecule has 0 saturated carbocycles. The smallest absolute Gasteiger partial charge is 0.0535 e. The topological polar surface area (TPSA) is 12.9 Å². The molecule has 4 rings (SSSR count). The molecule has 2 aromatic carbocycles. The molecule has 0 unspecified atom stereocenters. The van der Waals surface area contributed by atoms with Gasteiger partial charge in [0.1, 0.15) is 0 Å². The van der Waals surface area contributed by atoms with Crippen molar-refractivity contribution in [3.63, 3.8) is 0 Å². The van der Waals surface area contributed by atoms with E-state index in [0.717, 1.165) is 12.1 Å². The van der Waals surface area contributed by atoms with E-state index < -0.39 is 0 Å². The van der Waals surface area contributed by atoms with Gasteiger partial charge in [0.25, 0.3) is 0 Å². The quantitative estimate of drug-likeness (QED) is 0.445. The highest BCUT2D eigenvalue weighted by Crippen LogP contribution is 2.42. The van der Waals surface area contributed by atoms with Gasteiger partial charge in [0.05, 0.1) is 5.69 Å². The molecule has 1 heteroatoms. The summed E-state index contributed by atoms with van der Waals surface area (Å²) in [4.78, 5) is 4.87. The number of hydrogen-bond acceptors (Lipinski definition) is 1. The zero-order valence-electron chi connectivity index (χ0n) is 12.1. The van der Waals surface area contributed by atoms with Crippen molar-refractivity contribution in [3.05, 3.63) is 64.5 Å². The molecule has 0 aliphatic heterocycles. The van der Waals surface area contributed by atoms with Gasteiger partial charge in [-0.3, -0.25) is 4.98 Å². The predicted octanol–water partition coefficient (Wildman–Crippen LogP) is 4.73. The molecule has 3 aromatic rings. The second-order valence-corrected chi connectivity index (χ2v) is 5.77. The average molecular weight is 259 g/mol. The lowest BCUT2D eigenvalue weighted by molar-refractivity contribution is 1.08. The van der Waals surface area contributed by atoms with Crippen molar-refractivity contribution in [3.8, 4) is 11.1 Å². The van der Waals surface area contributed by atoms with E-state index in [0.29, 0.717) is 0 Å². The minimum absolute atomic E-state index is 0.976. The molecule has 20 heavy (non-hydrogen) atoms. The van der Waals surface area contributed by atoms with Gasteiger partial charge in [-0.25, -0.2) is 0 Å². The van der Waals surface area contributed by atoms with E-state index in [-0.39, 0.29) is 0 Å². The molecule has 1 aliphatic rings. The molecule has 1 aromatic heterocycles. The van der Waals surface area contributed by atoms with Gasteiger partial charge in [-0.1, -0.05) is 36.4 Å². The summed E-state index contributed by atoms with van der Waals surface area (Å²) in [6, 6.07) is 13.1. The average Bonchev–Trinajstić information content (AvgIpc) is 2.82. The second kappa shape index (κ2) is 3.92. The van der Waals surface area contributed by atoms with Crippen molar-refractivity contribution in [1.29, 1.82) is 0 Å². The molecule has 0 amide bonds. The van der Waals surface area contributed by atoms with Gasteiger partial charge in [-0.2, -0.15) is 0 Å². The first-order chi connectivity index (χ1) is 9.66. The van der Waals surface area contributed by atoms with Gasteiger partial charge >= 0.3 is 0 Å². The predicted molar refractivity (Wildman–Crippen MR) is 84.2 cm³/mol. The normalized spacial score (nSPS) is 12.6. The Labute approximate surface area is 119 Å². The van der Waals surface area contributed by atoms with Crippen molar-refractivity contribution in [2.45, 2.75) is 27.2 Å². The van der Waals surface area contributed by atoms with Gasteiger partial charge in [0, 0.05) is 23.1 Å². The van der Waals surface area contributed by atoms with Crippen LogP contribution in [0.2, 0.25) is 0 Å². The Hall–Kier alpha value is -2.15. The molecule has 0 radical (unpaired) electrons. The van der Waals surface area contributed by atoms with E-state index >= 15 is 0 Å². The van der Waals surface area contributed by atoms with E-state index in [1.54, 1.807) is 0 Å². The van der Waals surface area contributed by atoms with Gasteiger partial charge < -0.3 is 0 Å². The highest BCUT2D eigenvalue weighted by atomic mass is 14.7. The maximum Gasteiger partial charge on any atom is 0.0535 e. The summed E-state index contributed by atoms with van der Waals surface area (Å²) in [5.41, 5.74) is 9.37. The van der Waals surface area contributed by atoms with E-state index in [1.807, 2.05) is 0 Å². The molecule has 1 heterocycles. The Morgan fingerprint density at radius 1 is 0.900 bits per heavy atom. The number of rotatable bonds is 0. The fraction of sp³-hybridized carbons (Fsp3) is 0.211. The highest BCUT2D eigenvalue weighted by Gasteiger charge is 2.24. The maximum absolute atomic E-state index is 4.87. The van der Waals surface area contributed by atoms with Crippen LogP contribution in [-0.2, 0) is 6.42 Å². The molecule has 0 spiro atoms. The van der Waals surface area contributed by atoms with Crippen molar-refractivity contribution in [1.82, 2.24) is 4.98 Å². The number of benzene rings is 2. The van der Waals surface area contributed by atoms with Crippen LogP contribution in [0, 0.1) is 20.8 Å². The van der Waals surface area contributed by atoms with Crippen LogP contribution in [0.1, 0.15) is 28.1 Å². The lowest BCUT2D eigenvalue weighted by Gasteiger charge is -2.09. The molecule has 0 atom stereocenters. The summed E-state index contributed by atoms with van der Waals surface area (Å²) in [5, 5.41) is 2.62. The molecule has 0 N–H and O–H groups in total. The minimum atomic E-state index is 0.976. The summed E-state index contributed by atoms with van der Waals surface area (Å²) in [6.45, 7) is 6.54. The lowest BCUT2D eigenvalue weighted by atomic mass is 9.96. The van der Waals surface area contributed by atoms with Gasteiger partial charge in [-0.15, -0.1) is 0 Å². The molecular formula is C19H17N. The van der Waals surface area contributed by atoms with Crippen LogP contribution in [0.25, 0.3) is 21.9 Å². The molecule has 0 bridgehead atoms. The van der Waals surface area contributed by atoms with Crippen LogP contribution >= 0.6 is 0 Å². The van der Waals surface area contributed by atoms with Gasteiger partial charge in [0.2, 0.25) is 0 Å². The summed E-state index contributed by atoms with van der Waals surface area (Å²) in [7, 11) is 0. The van der Waals surface area contributed by atoms with E-state index in [2.05, 4.69) is 57.2 Å². The highest BCUT2D eigenvalue weighted by molar-refractivity contribution is 6.01. The van der Waals surface area contributed by atoms with E-state index in [1.165, 1.54) is 44.3 Å². The zero-order chi connectivity index (χ0) is 13.9. The maximum atomic E-state index is 4.87. The van der Waals surface area contributed by atoms with Crippen molar-refractivity contribution in [2.75, 3.05) is 0 Å². The fourth-order valence-electron chi connectivity index (χ4n) is 3.42. The molecule has 1 aliphatic carbocycles. The first-order valence-electron chi connectivity index (χ1n) is 7.14. The Bertz CT molecular complexity index is 859. The van der Waals surface area contributed by atoms with Gasteiger partial charge in [0.15, 0.2) is 0 Å². The summed E-state index contributed by atoms with van der Waals surface area (Å²) in [5.74, 6) is 0. The molecule has 1 nitrogen and oxygen atoms in total. The first kappa shape index (κ1) is 11.7. The zero-order valence-corrected chi connectivity index (χ0v) is 12.1. The van der Waals surface area contributed by atoms with Crippen LogP contribution in [0.3, 0.4) is 0 Å². The van der Waals surface area contributed by atoms with Gasteiger partial charge in [-0.05, 0) is 48.4 Å². The summed E-state index contributed by atoms with van der Waals surface area (Å²) in [6.07, 6.45) is 0.976. The number of aromatic nitrogens is 1. The van der Waals surface area contributed by atoms with Crippen molar-refractivity contribution < 1.29 is 0 Å². The molecule has 0 saturated heterocycles. The SMILES string of the molecule is Cc1ccc2c(c1C)Cc1nc(C)c3ccccc3c1-2. The van der Waals surface area contributed by atoms with Crippen molar-refractivity contribution in [2.24, 2.45) is 0 Å². The van der Waals surface area contributed by atoms with E-state index in [4.69, 9.17) is 4.98 Å². The number of nitrogens with zero attached hydrogens (tertiary/aromatic N) is 1. The van der Waals surface area contributed by atoms with Crippen LogP contribution in [-0.4, -0.2) is 4.98 Å². The first-order valence-corrected chi connectivity index (χ1v) is 7.14. The minimum Gasteiger partial charge on any atom is -0.257 e. The summed E-state index contributed by atoms with van der Waals surface area (Å²) < 4.78 is 0. The van der Waals surface area contributed by atoms with Crippen molar-refractivity contribution >= 4 is 10.8 Å². The largest absolute Gasteiger partial charge is 0.257 e. The third-order valence-electron chi connectivity index (χ3n) is 4.66. The monoisotopic (exact) mass is 259 g/mol. The standard InChI is InChI=1S/C19H17N/c1-11-8-9-16-17(12(11)2)10-18-19(16)15-7-5-4-6-14(15)13(3)20-18/h4-9H,10H2,1-3H3. The Kier molecular flexibility index (Phi) is 2.29. The van der Waals surface area contributed by atoms with Crippen LogP contribution in [0.5, 0.6) is 0 Å². The van der Waals surface area contributed by atoms with Crippen LogP contribution < -0.4 is 0 Å². The van der Waals surface area contributed by atoms with E-state index in [9.17, 15) is 0 Å². The lowest BCUT2D eigenvalue weighted by Crippen LogP contribution is -1.93. The molecule has 0 fully saturated rings. The van der Waals surface area contributed by atoms with Crippen LogP contribution in [0.4, 0.5) is 0 Å². The molecular weight excluding hydrogens is 242 g/mol. The fourth-order valence-corrected chi connectivity index (χ4v) is 3.42. The number of aryl methyl sites for hydroxylation is 2. The summed E-state index contributed by atoms with van der Waals surface area (Å²) >= 11 is 0.